The average Bonchev–Trinajstić information content (AvgIpc) is 2.75. The van der Waals surface area contributed by atoms with Crippen molar-refractivity contribution in [2.75, 3.05) is 5.32 Å². The Morgan fingerprint density at radius 2 is 2.05 bits per heavy atom. The molecule has 0 aliphatic rings. The molecule has 2 aromatic rings. The molecule has 0 saturated heterocycles. The third kappa shape index (κ3) is 2.97. The first-order valence-corrected chi connectivity index (χ1v) is 5.80. The lowest BCUT2D eigenvalue weighted by Gasteiger charge is -2.09. The summed E-state index contributed by atoms with van der Waals surface area (Å²) in [5.41, 5.74) is 0.222. The van der Waals surface area contributed by atoms with E-state index < -0.39 is 11.8 Å². The predicted molar refractivity (Wildman–Crippen MR) is 67.2 cm³/mol. The fraction of sp³-hybridized carbons (Fsp3) is 0.0909. The number of carbonyl (C=O) groups is 1. The van der Waals surface area contributed by atoms with Crippen LogP contribution in [0.2, 0.25) is 10.0 Å². The number of aromatic carboxylic acids is 1. The first-order valence-electron chi connectivity index (χ1n) is 5.04. The lowest BCUT2D eigenvalue weighted by Crippen LogP contribution is -2.05. The fourth-order valence-electron chi connectivity index (χ4n) is 1.45. The molecule has 1 heterocycles. The number of benzene rings is 1. The van der Waals surface area contributed by atoms with Crippen LogP contribution in [0.3, 0.4) is 0 Å². The molecule has 0 aliphatic heterocycles. The smallest absolute Gasteiger partial charge is 0.341 e. The van der Waals surface area contributed by atoms with Crippen molar-refractivity contribution < 1.29 is 18.8 Å². The van der Waals surface area contributed by atoms with Crippen molar-refractivity contribution in [3.05, 3.63) is 45.5 Å². The number of nitrogens with one attached hydrogen (secondary N) is 1. The molecule has 2 N–H and O–H groups in total. The molecule has 8 heteroatoms. The summed E-state index contributed by atoms with van der Waals surface area (Å²) in [5, 5.41) is 15.2. The van der Waals surface area contributed by atoms with E-state index in [1.165, 1.54) is 0 Å². The second kappa shape index (κ2) is 5.46. The van der Waals surface area contributed by atoms with Gasteiger partial charge in [0.2, 0.25) is 0 Å². The van der Waals surface area contributed by atoms with Crippen LogP contribution < -0.4 is 5.32 Å². The standard InChI is InChI=1S/C11H7Cl2FN2O3/c12-7-1-5(14)2-8(13)10(7)15-4-9-6(11(17)18)3-16-19-9/h1-3,15H,4H2,(H,17,18). The van der Waals surface area contributed by atoms with Gasteiger partial charge in [0.05, 0.1) is 28.5 Å². The van der Waals surface area contributed by atoms with E-state index in [1.807, 2.05) is 0 Å². The summed E-state index contributed by atoms with van der Waals surface area (Å²) in [4.78, 5) is 10.8. The van der Waals surface area contributed by atoms with Crippen LogP contribution in [-0.2, 0) is 6.54 Å². The molecule has 0 amide bonds. The number of carboxylic acids is 1. The third-order valence-electron chi connectivity index (χ3n) is 2.31. The summed E-state index contributed by atoms with van der Waals surface area (Å²) < 4.78 is 17.8. The Morgan fingerprint density at radius 1 is 1.42 bits per heavy atom. The molecule has 0 unspecified atom stereocenters. The number of hydrogen-bond donors (Lipinski definition) is 2. The number of hydrogen-bond acceptors (Lipinski definition) is 4. The molecule has 0 atom stereocenters. The van der Waals surface area contributed by atoms with E-state index in [4.69, 9.17) is 32.8 Å². The second-order valence-corrected chi connectivity index (χ2v) is 4.38. The summed E-state index contributed by atoms with van der Waals surface area (Å²) in [6.45, 7) is 0.00665. The van der Waals surface area contributed by atoms with Crippen molar-refractivity contribution in [2.24, 2.45) is 0 Å². The molecule has 0 bridgehead atoms. The van der Waals surface area contributed by atoms with E-state index in [0.717, 1.165) is 18.3 Å². The van der Waals surface area contributed by atoms with Gasteiger partial charge in [-0.05, 0) is 12.1 Å². The van der Waals surface area contributed by atoms with Gasteiger partial charge in [0.15, 0.2) is 5.76 Å². The van der Waals surface area contributed by atoms with Gasteiger partial charge in [0, 0.05) is 0 Å². The van der Waals surface area contributed by atoms with Gasteiger partial charge in [-0.15, -0.1) is 0 Å². The highest BCUT2D eigenvalue weighted by atomic mass is 35.5. The average molecular weight is 305 g/mol. The maximum Gasteiger partial charge on any atom is 0.341 e. The van der Waals surface area contributed by atoms with Crippen LogP contribution in [0.15, 0.2) is 22.9 Å². The maximum absolute atomic E-state index is 13.0. The van der Waals surface area contributed by atoms with Crippen molar-refractivity contribution >= 4 is 34.9 Å². The van der Waals surface area contributed by atoms with E-state index in [2.05, 4.69) is 10.5 Å². The van der Waals surface area contributed by atoms with Crippen LogP contribution in [0.1, 0.15) is 16.1 Å². The van der Waals surface area contributed by atoms with E-state index >= 15 is 0 Å². The molecule has 0 aliphatic carbocycles. The minimum atomic E-state index is -1.16. The van der Waals surface area contributed by atoms with Crippen LogP contribution >= 0.6 is 23.2 Å². The molecule has 1 aromatic heterocycles. The number of anilines is 1. The largest absolute Gasteiger partial charge is 0.478 e. The molecule has 100 valence electrons. The Labute approximate surface area is 116 Å². The Morgan fingerprint density at radius 3 is 2.63 bits per heavy atom. The predicted octanol–water partition coefficient (Wildman–Crippen LogP) is 3.43. The quantitative estimate of drug-likeness (QED) is 0.905. The molecule has 19 heavy (non-hydrogen) atoms. The maximum atomic E-state index is 13.0. The molecular formula is C11H7Cl2FN2O3. The summed E-state index contributed by atoms with van der Waals surface area (Å²) >= 11 is 11.7. The fourth-order valence-corrected chi connectivity index (χ4v) is 2.04. The number of halogens is 3. The number of nitrogens with zero attached hydrogens (tertiary/aromatic N) is 1. The number of carboxylic acid groups (broad SMARTS) is 1. The van der Waals surface area contributed by atoms with Gasteiger partial charge in [-0.3, -0.25) is 0 Å². The zero-order chi connectivity index (χ0) is 14.0. The zero-order valence-electron chi connectivity index (χ0n) is 9.28. The van der Waals surface area contributed by atoms with Crippen molar-refractivity contribution in [3.63, 3.8) is 0 Å². The summed E-state index contributed by atoms with van der Waals surface area (Å²) in [6.07, 6.45) is 1.09. The van der Waals surface area contributed by atoms with Gasteiger partial charge in [-0.1, -0.05) is 28.4 Å². The molecule has 0 radical (unpaired) electrons. The molecule has 0 fully saturated rings. The van der Waals surface area contributed by atoms with Crippen molar-refractivity contribution in [2.45, 2.75) is 6.54 Å². The van der Waals surface area contributed by atoms with Crippen LogP contribution in [0, 0.1) is 5.82 Å². The highest BCUT2D eigenvalue weighted by molar-refractivity contribution is 6.39. The lowest BCUT2D eigenvalue weighted by atomic mass is 10.2. The van der Waals surface area contributed by atoms with Crippen LogP contribution in [-0.4, -0.2) is 16.2 Å². The van der Waals surface area contributed by atoms with Crippen molar-refractivity contribution in [1.29, 1.82) is 0 Å². The number of rotatable bonds is 4. The summed E-state index contributed by atoms with van der Waals surface area (Å²) in [5.74, 6) is -1.61. The topological polar surface area (TPSA) is 75.4 Å². The van der Waals surface area contributed by atoms with Gasteiger partial charge in [0.1, 0.15) is 11.4 Å². The van der Waals surface area contributed by atoms with Gasteiger partial charge in [-0.25, -0.2) is 9.18 Å². The summed E-state index contributed by atoms with van der Waals surface area (Å²) in [6, 6.07) is 2.18. The molecule has 5 nitrogen and oxygen atoms in total. The van der Waals surface area contributed by atoms with E-state index in [0.29, 0.717) is 0 Å². The molecule has 2 rings (SSSR count). The van der Waals surface area contributed by atoms with Crippen molar-refractivity contribution in [1.82, 2.24) is 5.16 Å². The van der Waals surface area contributed by atoms with E-state index in [-0.39, 0.29) is 33.6 Å². The molecule has 0 saturated carbocycles. The van der Waals surface area contributed by atoms with Crippen LogP contribution in [0.4, 0.5) is 10.1 Å². The van der Waals surface area contributed by atoms with Crippen LogP contribution in [0.5, 0.6) is 0 Å². The second-order valence-electron chi connectivity index (χ2n) is 3.57. The van der Waals surface area contributed by atoms with E-state index in [1.54, 1.807) is 0 Å². The number of aromatic nitrogens is 1. The third-order valence-corrected chi connectivity index (χ3v) is 2.90. The normalized spacial score (nSPS) is 10.5. The summed E-state index contributed by atoms with van der Waals surface area (Å²) in [7, 11) is 0. The molecule has 1 aromatic carbocycles. The first kappa shape index (κ1) is 13.6. The van der Waals surface area contributed by atoms with E-state index in [9.17, 15) is 9.18 Å². The van der Waals surface area contributed by atoms with Gasteiger partial charge >= 0.3 is 5.97 Å². The van der Waals surface area contributed by atoms with Gasteiger partial charge in [-0.2, -0.15) is 0 Å². The SMILES string of the molecule is O=C(O)c1cnoc1CNc1c(Cl)cc(F)cc1Cl. The highest BCUT2D eigenvalue weighted by Gasteiger charge is 2.16. The Balaban J connectivity index is 2.19. The minimum Gasteiger partial charge on any atom is -0.478 e. The molecule has 0 spiro atoms. The highest BCUT2D eigenvalue weighted by Crippen LogP contribution is 2.31. The monoisotopic (exact) mass is 304 g/mol. The Kier molecular flexibility index (Phi) is 3.92. The zero-order valence-corrected chi connectivity index (χ0v) is 10.8. The van der Waals surface area contributed by atoms with Gasteiger partial charge in [0.25, 0.3) is 0 Å². The van der Waals surface area contributed by atoms with Gasteiger partial charge < -0.3 is 14.9 Å². The molecular weight excluding hydrogens is 298 g/mol. The Hall–Kier alpha value is -1.79. The van der Waals surface area contributed by atoms with Crippen LogP contribution in [0.25, 0.3) is 0 Å². The minimum absolute atomic E-state index is 0.00665. The van der Waals surface area contributed by atoms with Crippen molar-refractivity contribution in [3.8, 4) is 0 Å². The lowest BCUT2D eigenvalue weighted by molar-refractivity contribution is 0.0694. The first-order chi connectivity index (χ1) is 8.99. The Bertz CT molecular complexity index is 607.